The Morgan fingerprint density at radius 1 is 1.33 bits per heavy atom. The normalized spacial score (nSPS) is 13.1. The van der Waals surface area contributed by atoms with Crippen molar-refractivity contribution in [3.8, 4) is 0 Å². The molecule has 7 heteroatoms. The van der Waals surface area contributed by atoms with Gasteiger partial charge in [0, 0.05) is 6.04 Å². The lowest BCUT2D eigenvalue weighted by atomic mass is 10.1. The Balaban J connectivity index is 3.98. The summed E-state index contributed by atoms with van der Waals surface area (Å²) in [6.07, 6.45) is 4.38. The topological polar surface area (TPSA) is 86.7 Å². The Morgan fingerprint density at radius 3 is 2.43 bits per heavy atom. The first-order valence-corrected chi connectivity index (χ1v) is 9.03. The van der Waals surface area contributed by atoms with E-state index in [0.29, 0.717) is 13.0 Å². The molecule has 0 aliphatic heterocycles. The molecule has 0 aromatic rings. The standard InChI is InChI=1S/C14H28N2O4S/c1-4-13(15-14(17)5-2)9-7-10-16(6-3)11-8-12-21(18,19)20/h5,13H,2,4,6-12H2,1,3H3,(H,15,17)(H,18,19,20). The summed E-state index contributed by atoms with van der Waals surface area (Å²) < 4.78 is 30.0. The number of carbonyl (C=O) groups excluding carboxylic acids is 1. The van der Waals surface area contributed by atoms with E-state index in [1.54, 1.807) is 0 Å². The predicted molar refractivity (Wildman–Crippen MR) is 84.8 cm³/mol. The second-order valence-corrected chi connectivity index (χ2v) is 6.61. The summed E-state index contributed by atoms with van der Waals surface area (Å²) in [5.41, 5.74) is 0. The summed E-state index contributed by atoms with van der Waals surface area (Å²) in [6, 6.07) is 0.145. The van der Waals surface area contributed by atoms with Gasteiger partial charge in [0.05, 0.1) is 5.75 Å². The quantitative estimate of drug-likeness (QED) is 0.420. The van der Waals surface area contributed by atoms with Crippen LogP contribution in [0.1, 0.15) is 39.5 Å². The highest BCUT2D eigenvalue weighted by atomic mass is 32.2. The molecule has 1 amide bonds. The maximum absolute atomic E-state index is 11.2. The van der Waals surface area contributed by atoms with Gasteiger partial charge in [0.2, 0.25) is 5.91 Å². The van der Waals surface area contributed by atoms with Crippen molar-refractivity contribution in [3.63, 3.8) is 0 Å². The number of nitrogens with zero attached hydrogens (tertiary/aromatic N) is 1. The lowest BCUT2D eigenvalue weighted by molar-refractivity contribution is -0.117. The maximum Gasteiger partial charge on any atom is 0.264 e. The largest absolute Gasteiger partial charge is 0.350 e. The molecule has 0 fully saturated rings. The van der Waals surface area contributed by atoms with Crippen molar-refractivity contribution in [2.24, 2.45) is 0 Å². The number of carbonyl (C=O) groups is 1. The lowest BCUT2D eigenvalue weighted by Crippen LogP contribution is -2.34. The van der Waals surface area contributed by atoms with Gasteiger partial charge in [-0.3, -0.25) is 9.35 Å². The number of nitrogens with one attached hydrogen (secondary N) is 1. The third-order valence-corrected chi connectivity index (χ3v) is 4.18. The molecule has 1 unspecified atom stereocenters. The molecule has 124 valence electrons. The zero-order valence-corrected chi connectivity index (χ0v) is 13.9. The van der Waals surface area contributed by atoms with Crippen LogP contribution in [0.25, 0.3) is 0 Å². The number of hydrogen-bond acceptors (Lipinski definition) is 4. The van der Waals surface area contributed by atoms with Crippen LogP contribution in [0.15, 0.2) is 12.7 Å². The van der Waals surface area contributed by atoms with Crippen molar-refractivity contribution >= 4 is 16.0 Å². The highest BCUT2D eigenvalue weighted by Gasteiger charge is 2.10. The third kappa shape index (κ3) is 11.4. The SMILES string of the molecule is C=CC(=O)NC(CC)CCCN(CC)CCCS(=O)(=O)O. The minimum Gasteiger partial charge on any atom is -0.350 e. The van der Waals surface area contributed by atoms with Gasteiger partial charge in [-0.25, -0.2) is 0 Å². The summed E-state index contributed by atoms with van der Waals surface area (Å²) in [5.74, 6) is -0.349. The van der Waals surface area contributed by atoms with E-state index in [2.05, 4.69) is 16.8 Å². The summed E-state index contributed by atoms with van der Waals surface area (Å²) in [6.45, 7) is 9.81. The Hall–Kier alpha value is -0.920. The molecule has 0 radical (unpaired) electrons. The molecule has 0 aromatic carbocycles. The van der Waals surface area contributed by atoms with Crippen LogP contribution in [0, 0.1) is 0 Å². The lowest BCUT2D eigenvalue weighted by Gasteiger charge is -2.22. The molecule has 0 aromatic heterocycles. The van der Waals surface area contributed by atoms with Crippen LogP contribution >= 0.6 is 0 Å². The molecule has 0 saturated carbocycles. The first-order chi connectivity index (χ1) is 9.82. The number of hydrogen-bond donors (Lipinski definition) is 2. The highest BCUT2D eigenvalue weighted by Crippen LogP contribution is 2.04. The van der Waals surface area contributed by atoms with Crippen molar-refractivity contribution in [1.82, 2.24) is 10.2 Å². The molecule has 1 atom stereocenters. The highest BCUT2D eigenvalue weighted by molar-refractivity contribution is 7.85. The van der Waals surface area contributed by atoms with Gasteiger partial charge in [-0.05, 0) is 51.4 Å². The minimum atomic E-state index is -3.87. The van der Waals surface area contributed by atoms with Crippen molar-refractivity contribution in [2.75, 3.05) is 25.4 Å². The van der Waals surface area contributed by atoms with E-state index in [4.69, 9.17) is 4.55 Å². The molecule has 0 spiro atoms. The predicted octanol–water partition coefficient (Wildman–Crippen LogP) is 1.45. The van der Waals surface area contributed by atoms with Crippen LogP contribution in [-0.2, 0) is 14.9 Å². The second kappa shape index (κ2) is 10.8. The smallest absolute Gasteiger partial charge is 0.264 e. The zero-order chi connectivity index (χ0) is 16.3. The average Bonchev–Trinajstić information content (AvgIpc) is 2.42. The molecule has 0 aliphatic rings. The van der Waals surface area contributed by atoms with E-state index < -0.39 is 10.1 Å². The van der Waals surface area contributed by atoms with Crippen LogP contribution in [0.2, 0.25) is 0 Å². The van der Waals surface area contributed by atoms with Crippen molar-refractivity contribution in [1.29, 1.82) is 0 Å². The van der Waals surface area contributed by atoms with Gasteiger partial charge in [0.1, 0.15) is 0 Å². The summed E-state index contributed by atoms with van der Waals surface area (Å²) in [5, 5.41) is 2.88. The van der Waals surface area contributed by atoms with Crippen molar-refractivity contribution < 1.29 is 17.8 Å². The Labute approximate surface area is 128 Å². The molecule has 0 bridgehead atoms. The zero-order valence-electron chi connectivity index (χ0n) is 13.0. The third-order valence-electron chi connectivity index (χ3n) is 3.38. The molecule has 0 aliphatic carbocycles. The van der Waals surface area contributed by atoms with Gasteiger partial charge < -0.3 is 10.2 Å². The van der Waals surface area contributed by atoms with Crippen molar-refractivity contribution in [3.05, 3.63) is 12.7 Å². The fourth-order valence-corrected chi connectivity index (χ4v) is 2.59. The van der Waals surface area contributed by atoms with Gasteiger partial charge in [-0.2, -0.15) is 8.42 Å². The van der Waals surface area contributed by atoms with Crippen LogP contribution < -0.4 is 5.32 Å². The minimum absolute atomic E-state index is 0.145. The van der Waals surface area contributed by atoms with E-state index in [1.807, 2.05) is 13.8 Å². The molecule has 21 heavy (non-hydrogen) atoms. The van der Waals surface area contributed by atoms with Gasteiger partial charge >= 0.3 is 0 Å². The van der Waals surface area contributed by atoms with Crippen LogP contribution in [0.5, 0.6) is 0 Å². The van der Waals surface area contributed by atoms with Gasteiger partial charge in [0.15, 0.2) is 0 Å². The van der Waals surface area contributed by atoms with Gasteiger partial charge in [0.25, 0.3) is 10.1 Å². The van der Waals surface area contributed by atoms with E-state index in [1.165, 1.54) is 6.08 Å². The molecule has 2 N–H and O–H groups in total. The average molecular weight is 320 g/mol. The summed E-state index contributed by atoms with van der Waals surface area (Å²) in [7, 11) is -3.87. The number of rotatable bonds is 12. The summed E-state index contributed by atoms with van der Waals surface area (Å²) >= 11 is 0. The fourth-order valence-electron chi connectivity index (χ4n) is 2.10. The second-order valence-electron chi connectivity index (χ2n) is 5.03. The first kappa shape index (κ1) is 20.1. The van der Waals surface area contributed by atoms with E-state index in [9.17, 15) is 13.2 Å². The van der Waals surface area contributed by atoms with E-state index in [-0.39, 0.29) is 17.7 Å². The molecule has 6 nitrogen and oxygen atoms in total. The molecule has 0 saturated heterocycles. The van der Waals surface area contributed by atoms with Gasteiger partial charge in [-0.1, -0.05) is 20.4 Å². The van der Waals surface area contributed by atoms with Gasteiger partial charge in [-0.15, -0.1) is 0 Å². The Bertz CT molecular complexity index is 409. The Kier molecular flexibility index (Phi) is 10.3. The molecule has 0 rings (SSSR count). The monoisotopic (exact) mass is 320 g/mol. The fraction of sp³-hybridized carbons (Fsp3) is 0.786. The molecular formula is C14H28N2O4S. The van der Waals surface area contributed by atoms with Crippen LogP contribution in [-0.4, -0.2) is 55.2 Å². The number of amides is 1. The van der Waals surface area contributed by atoms with E-state index >= 15 is 0 Å². The van der Waals surface area contributed by atoms with Crippen LogP contribution in [0.4, 0.5) is 0 Å². The molecule has 0 heterocycles. The van der Waals surface area contributed by atoms with E-state index in [0.717, 1.165) is 32.4 Å². The maximum atomic E-state index is 11.2. The Morgan fingerprint density at radius 2 is 1.95 bits per heavy atom. The molecular weight excluding hydrogens is 292 g/mol. The first-order valence-electron chi connectivity index (χ1n) is 7.42. The summed E-state index contributed by atoms with van der Waals surface area (Å²) in [4.78, 5) is 13.4. The van der Waals surface area contributed by atoms with Crippen molar-refractivity contribution in [2.45, 2.75) is 45.6 Å². The van der Waals surface area contributed by atoms with Crippen LogP contribution in [0.3, 0.4) is 0 Å².